The Morgan fingerprint density at radius 3 is 3.29 bits per heavy atom. The second kappa shape index (κ2) is 3.06. The van der Waals surface area contributed by atoms with Gasteiger partial charge in [0.25, 0.3) is 0 Å². The number of fused-ring (bicyclic) bond motifs is 3. The summed E-state index contributed by atoms with van der Waals surface area (Å²) >= 11 is 0. The van der Waals surface area contributed by atoms with E-state index in [0.29, 0.717) is 0 Å². The molecule has 4 nitrogen and oxygen atoms in total. The zero-order valence-electron chi connectivity index (χ0n) is 7.76. The summed E-state index contributed by atoms with van der Waals surface area (Å²) in [4.78, 5) is 0. The lowest BCUT2D eigenvalue weighted by Crippen LogP contribution is -2.33. The van der Waals surface area contributed by atoms with Crippen molar-refractivity contribution < 1.29 is 4.74 Å². The van der Waals surface area contributed by atoms with Gasteiger partial charge >= 0.3 is 0 Å². The van der Waals surface area contributed by atoms with E-state index in [4.69, 9.17) is 4.74 Å². The molecule has 0 aromatic heterocycles. The number of hydrogen-bond donors (Lipinski definition) is 0. The van der Waals surface area contributed by atoms with Gasteiger partial charge in [-0.25, -0.2) is 5.01 Å². The van der Waals surface area contributed by atoms with Gasteiger partial charge in [-0.1, -0.05) is 23.4 Å². The van der Waals surface area contributed by atoms with E-state index >= 15 is 0 Å². The van der Waals surface area contributed by atoms with Crippen LogP contribution in [-0.2, 0) is 4.74 Å². The molecule has 14 heavy (non-hydrogen) atoms. The molecule has 0 amide bonds. The predicted octanol–water partition coefficient (Wildman–Crippen LogP) is 2.42. The van der Waals surface area contributed by atoms with Crippen LogP contribution in [0.1, 0.15) is 18.2 Å². The molecule has 2 heterocycles. The maximum atomic E-state index is 5.68. The highest BCUT2D eigenvalue weighted by Crippen LogP contribution is 2.36. The average molecular weight is 189 g/mol. The van der Waals surface area contributed by atoms with Gasteiger partial charge in [0.15, 0.2) is 6.23 Å². The Morgan fingerprint density at radius 2 is 2.29 bits per heavy atom. The Morgan fingerprint density at radius 1 is 1.36 bits per heavy atom. The van der Waals surface area contributed by atoms with Crippen molar-refractivity contribution in [1.82, 2.24) is 5.01 Å². The van der Waals surface area contributed by atoms with Gasteiger partial charge < -0.3 is 4.74 Å². The standard InChI is InChI=1S/C10H11N3O/c1-2-5-9-8(4-1)10-13(12-11-9)6-3-7-14-10/h1-2,4-5,10H,3,6-7H2/t10-/m0/s1. The monoisotopic (exact) mass is 189 g/mol. The summed E-state index contributed by atoms with van der Waals surface area (Å²) < 4.78 is 5.68. The van der Waals surface area contributed by atoms with Crippen molar-refractivity contribution in [2.75, 3.05) is 13.2 Å². The molecular weight excluding hydrogens is 178 g/mol. The Labute approximate surface area is 82.2 Å². The average Bonchev–Trinajstić information content (AvgIpc) is 2.29. The Bertz CT molecular complexity index is 377. The molecule has 1 fully saturated rings. The van der Waals surface area contributed by atoms with E-state index < -0.39 is 0 Å². The molecule has 0 unspecified atom stereocenters. The molecule has 1 atom stereocenters. The lowest BCUT2D eigenvalue weighted by Gasteiger charge is -2.35. The molecule has 2 aliphatic heterocycles. The maximum Gasteiger partial charge on any atom is 0.175 e. The van der Waals surface area contributed by atoms with Crippen LogP contribution in [0.2, 0.25) is 0 Å². The molecule has 72 valence electrons. The van der Waals surface area contributed by atoms with Gasteiger partial charge in [-0.3, -0.25) is 0 Å². The van der Waals surface area contributed by atoms with E-state index in [1.54, 1.807) is 0 Å². The van der Waals surface area contributed by atoms with Crippen LogP contribution in [0.3, 0.4) is 0 Å². The lowest BCUT2D eigenvalue weighted by atomic mass is 10.1. The van der Waals surface area contributed by atoms with Crippen LogP contribution in [0.4, 0.5) is 5.69 Å². The molecule has 4 heteroatoms. The molecule has 1 aromatic carbocycles. The lowest BCUT2D eigenvalue weighted by molar-refractivity contribution is -0.104. The fraction of sp³-hybridized carbons (Fsp3) is 0.400. The van der Waals surface area contributed by atoms with Crippen molar-refractivity contribution >= 4 is 5.69 Å². The fourth-order valence-electron chi connectivity index (χ4n) is 1.86. The van der Waals surface area contributed by atoms with Gasteiger partial charge in [-0.05, 0) is 12.5 Å². The van der Waals surface area contributed by atoms with Crippen LogP contribution in [0.15, 0.2) is 34.6 Å². The summed E-state index contributed by atoms with van der Waals surface area (Å²) in [5, 5.41) is 10.2. The van der Waals surface area contributed by atoms with Crippen molar-refractivity contribution in [2.45, 2.75) is 12.6 Å². The van der Waals surface area contributed by atoms with Gasteiger partial charge in [-0.15, -0.1) is 5.11 Å². The van der Waals surface area contributed by atoms with Gasteiger partial charge in [0.2, 0.25) is 0 Å². The van der Waals surface area contributed by atoms with E-state index in [1.165, 1.54) is 0 Å². The normalized spacial score (nSPS) is 24.3. The Balaban J connectivity index is 2.05. The molecule has 2 aliphatic rings. The molecular formula is C10H11N3O. The van der Waals surface area contributed by atoms with E-state index in [1.807, 2.05) is 23.2 Å². The van der Waals surface area contributed by atoms with E-state index in [-0.39, 0.29) is 6.23 Å². The summed E-state index contributed by atoms with van der Waals surface area (Å²) in [5.74, 6) is 0. The molecule has 0 bridgehead atoms. The smallest absolute Gasteiger partial charge is 0.175 e. The number of hydrogen-bond acceptors (Lipinski definition) is 4. The quantitative estimate of drug-likeness (QED) is 0.628. The van der Waals surface area contributed by atoms with Crippen molar-refractivity contribution in [3.8, 4) is 0 Å². The third-order valence-corrected chi connectivity index (χ3v) is 2.55. The summed E-state index contributed by atoms with van der Waals surface area (Å²) in [6.07, 6.45) is 1.01. The van der Waals surface area contributed by atoms with E-state index in [0.717, 1.165) is 30.8 Å². The number of rotatable bonds is 0. The van der Waals surface area contributed by atoms with Crippen molar-refractivity contribution in [2.24, 2.45) is 10.3 Å². The molecule has 0 N–H and O–H groups in total. The minimum Gasteiger partial charge on any atom is -0.352 e. The van der Waals surface area contributed by atoms with Crippen molar-refractivity contribution in [3.63, 3.8) is 0 Å². The summed E-state index contributed by atoms with van der Waals surface area (Å²) in [7, 11) is 0. The Hall–Kier alpha value is -1.42. The molecule has 1 saturated heterocycles. The van der Waals surface area contributed by atoms with Gasteiger partial charge in [0.05, 0.1) is 12.3 Å². The third kappa shape index (κ3) is 1.11. The largest absolute Gasteiger partial charge is 0.352 e. The van der Waals surface area contributed by atoms with Gasteiger partial charge in [0.1, 0.15) is 0 Å². The minimum absolute atomic E-state index is 0.0163. The van der Waals surface area contributed by atoms with E-state index in [2.05, 4.69) is 16.4 Å². The Kier molecular flexibility index (Phi) is 1.73. The molecule has 0 radical (unpaired) electrons. The van der Waals surface area contributed by atoms with Gasteiger partial charge in [0, 0.05) is 12.1 Å². The first-order chi connectivity index (χ1) is 6.95. The van der Waals surface area contributed by atoms with Crippen molar-refractivity contribution in [1.29, 1.82) is 0 Å². The highest BCUT2D eigenvalue weighted by Gasteiger charge is 2.28. The highest BCUT2D eigenvalue weighted by atomic mass is 16.5. The van der Waals surface area contributed by atoms with Crippen LogP contribution >= 0.6 is 0 Å². The van der Waals surface area contributed by atoms with Crippen LogP contribution in [0.5, 0.6) is 0 Å². The first kappa shape index (κ1) is 7.94. The molecule has 3 rings (SSSR count). The SMILES string of the molecule is c1ccc2c(c1)N=NN1CCCO[C@@H]21. The van der Waals surface area contributed by atoms with E-state index in [9.17, 15) is 0 Å². The molecule has 0 saturated carbocycles. The van der Waals surface area contributed by atoms with Gasteiger partial charge in [-0.2, -0.15) is 0 Å². The number of benzene rings is 1. The van der Waals surface area contributed by atoms with Crippen molar-refractivity contribution in [3.05, 3.63) is 29.8 Å². The van der Waals surface area contributed by atoms with Crippen LogP contribution in [0.25, 0.3) is 0 Å². The second-order valence-electron chi connectivity index (χ2n) is 3.49. The zero-order chi connectivity index (χ0) is 9.38. The first-order valence-electron chi connectivity index (χ1n) is 4.84. The second-order valence-corrected chi connectivity index (χ2v) is 3.49. The van der Waals surface area contributed by atoms with Crippen LogP contribution < -0.4 is 0 Å². The van der Waals surface area contributed by atoms with Crippen LogP contribution in [0, 0.1) is 0 Å². The fourth-order valence-corrected chi connectivity index (χ4v) is 1.86. The zero-order valence-corrected chi connectivity index (χ0v) is 7.76. The first-order valence-corrected chi connectivity index (χ1v) is 4.84. The topological polar surface area (TPSA) is 37.2 Å². The molecule has 0 spiro atoms. The number of ether oxygens (including phenoxy) is 1. The number of nitrogens with zero attached hydrogens (tertiary/aromatic N) is 3. The summed E-state index contributed by atoms with van der Waals surface area (Å²) in [5.41, 5.74) is 2.05. The predicted molar refractivity (Wildman–Crippen MR) is 51.0 cm³/mol. The highest BCUT2D eigenvalue weighted by molar-refractivity contribution is 5.47. The molecule has 0 aliphatic carbocycles. The minimum atomic E-state index is -0.0163. The summed E-state index contributed by atoms with van der Waals surface area (Å²) in [6.45, 7) is 1.74. The maximum absolute atomic E-state index is 5.68. The summed E-state index contributed by atoms with van der Waals surface area (Å²) in [6, 6.07) is 8.00. The van der Waals surface area contributed by atoms with Crippen LogP contribution in [-0.4, -0.2) is 18.2 Å². The molecule has 1 aromatic rings. The third-order valence-electron chi connectivity index (χ3n) is 2.55.